The van der Waals surface area contributed by atoms with Crippen LogP contribution in [0.1, 0.15) is 33.6 Å². The predicted molar refractivity (Wildman–Crippen MR) is 59.9 cm³/mol. The lowest BCUT2D eigenvalue weighted by molar-refractivity contribution is 0.378. The summed E-state index contributed by atoms with van der Waals surface area (Å²) >= 11 is 2.04. The van der Waals surface area contributed by atoms with Crippen LogP contribution in [0.15, 0.2) is 0 Å². The Morgan fingerprint density at radius 3 is 2.08 bits per heavy atom. The predicted octanol–water partition coefficient (Wildman–Crippen LogP) is 2.76. The van der Waals surface area contributed by atoms with Crippen molar-refractivity contribution in [3.05, 3.63) is 0 Å². The number of rotatable bonds is 7. The smallest absolute Gasteiger partial charge is 0.0183 e. The minimum atomic E-state index is 0.713. The van der Waals surface area contributed by atoms with Gasteiger partial charge in [0, 0.05) is 11.8 Å². The zero-order valence-corrected chi connectivity index (χ0v) is 9.71. The van der Waals surface area contributed by atoms with Crippen LogP contribution in [0.5, 0.6) is 0 Å². The largest absolute Gasteiger partial charge is 0.316 e. The number of hydrogen-bond acceptors (Lipinski definition) is 2. The van der Waals surface area contributed by atoms with Crippen LogP contribution in [0.25, 0.3) is 0 Å². The lowest BCUT2D eigenvalue weighted by Gasteiger charge is -2.24. The Morgan fingerprint density at radius 2 is 1.75 bits per heavy atom. The Kier molecular flexibility index (Phi) is 8.14. The molecule has 0 saturated carbocycles. The third kappa shape index (κ3) is 4.36. The van der Waals surface area contributed by atoms with Crippen molar-refractivity contribution in [1.29, 1.82) is 0 Å². The van der Waals surface area contributed by atoms with E-state index in [0.717, 1.165) is 5.92 Å². The van der Waals surface area contributed by atoms with E-state index in [1.807, 2.05) is 11.8 Å². The monoisotopic (exact) mass is 189 g/mol. The van der Waals surface area contributed by atoms with Gasteiger partial charge in [-0.15, -0.1) is 0 Å². The van der Waals surface area contributed by atoms with E-state index in [-0.39, 0.29) is 0 Å². The van der Waals surface area contributed by atoms with E-state index in [0.29, 0.717) is 6.04 Å². The van der Waals surface area contributed by atoms with Crippen molar-refractivity contribution < 1.29 is 0 Å². The molecule has 0 aromatic carbocycles. The molecule has 0 aliphatic rings. The topological polar surface area (TPSA) is 12.0 Å². The van der Waals surface area contributed by atoms with Gasteiger partial charge < -0.3 is 5.32 Å². The van der Waals surface area contributed by atoms with E-state index in [1.54, 1.807) is 0 Å². The minimum absolute atomic E-state index is 0.713. The van der Waals surface area contributed by atoms with Crippen molar-refractivity contribution in [1.82, 2.24) is 5.32 Å². The van der Waals surface area contributed by atoms with E-state index in [2.05, 4.69) is 33.1 Å². The summed E-state index contributed by atoms with van der Waals surface area (Å²) in [5, 5.41) is 3.42. The van der Waals surface area contributed by atoms with E-state index < -0.39 is 0 Å². The van der Waals surface area contributed by atoms with E-state index in [1.165, 1.54) is 24.3 Å². The molecule has 0 radical (unpaired) electrons. The number of thioether (sulfide) groups is 1. The Morgan fingerprint density at radius 1 is 1.17 bits per heavy atom. The van der Waals surface area contributed by atoms with Crippen LogP contribution >= 0.6 is 11.8 Å². The first-order valence-electron chi connectivity index (χ1n) is 5.05. The van der Waals surface area contributed by atoms with Gasteiger partial charge in [-0.05, 0) is 18.7 Å². The first kappa shape index (κ1) is 12.3. The Balaban J connectivity index is 3.75. The minimum Gasteiger partial charge on any atom is -0.316 e. The molecule has 0 aliphatic carbocycles. The van der Waals surface area contributed by atoms with Crippen LogP contribution in [0.2, 0.25) is 0 Å². The van der Waals surface area contributed by atoms with Gasteiger partial charge in [-0.2, -0.15) is 11.8 Å². The third-order valence-electron chi connectivity index (χ3n) is 2.49. The molecule has 74 valence electrons. The van der Waals surface area contributed by atoms with Crippen LogP contribution in [0.4, 0.5) is 0 Å². The van der Waals surface area contributed by atoms with E-state index in [9.17, 15) is 0 Å². The molecule has 1 nitrogen and oxygen atoms in total. The van der Waals surface area contributed by atoms with Crippen LogP contribution < -0.4 is 5.32 Å². The van der Waals surface area contributed by atoms with Gasteiger partial charge in [0.15, 0.2) is 0 Å². The lowest BCUT2D eigenvalue weighted by atomic mass is 9.96. The maximum Gasteiger partial charge on any atom is 0.0183 e. The van der Waals surface area contributed by atoms with Crippen molar-refractivity contribution >= 4 is 11.8 Å². The molecule has 0 bridgehead atoms. The highest BCUT2D eigenvalue weighted by Crippen LogP contribution is 2.16. The zero-order chi connectivity index (χ0) is 9.40. The third-order valence-corrected chi connectivity index (χ3v) is 3.49. The van der Waals surface area contributed by atoms with Crippen LogP contribution in [-0.2, 0) is 0 Å². The fraction of sp³-hybridized carbons (Fsp3) is 1.00. The molecule has 0 aromatic rings. The summed E-state index contributed by atoms with van der Waals surface area (Å²) in [6, 6.07) is 0.713. The van der Waals surface area contributed by atoms with Crippen molar-refractivity contribution in [2.75, 3.05) is 18.6 Å². The molecule has 2 heteroatoms. The van der Waals surface area contributed by atoms with Gasteiger partial charge >= 0.3 is 0 Å². The summed E-state index contributed by atoms with van der Waals surface area (Å²) < 4.78 is 0. The molecule has 12 heavy (non-hydrogen) atoms. The molecule has 0 heterocycles. The first-order chi connectivity index (χ1) is 5.79. The molecule has 0 spiro atoms. The fourth-order valence-electron chi connectivity index (χ4n) is 1.56. The summed E-state index contributed by atoms with van der Waals surface area (Å²) in [7, 11) is 2.08. The average molecular weight is 189 g/mol. The molecule has 0 amide bonds. The highest BCUT2D eigenvalue weighted by molar-refractivity contribution is 7.99. The second-order valence-corrected chi connectivity index (χ2v) is 4.45. The Hall–Kier alpha value is 0.310. The second kappa shape index (κ2) is 7.93. The molecular weight excluding hydrogens is 166 g/mol. The van der Waals surface area contributed by atoms with Gasteiger partial charge in [-0.1, -0.05) is 33.6 Å². The number of hydrogen-bond donors (Lipinski definition) is 1. The Bertz CT molecular complexity index is 91.8. The van der Waals surface area contributed by atoms with Crippen LogP contribution in [0, 0.1) is 5.92 Å². The highest BCUT2D eigenvalue weighted by Gasteiger charge is 2.15. The van der Waals surface area contributed by atoms with Gasteiger partial charge in [0.2, 0.25) is 0 Å². The lowest BCUT2D eigenvalue weighted by Crippen LogP contribution is -2.35. The molecule has 1 N–H and O–H groups in total. The molecule has 0 aliphatic heterocycles. The van der Waals surface area contributed by atoms with Crippen molar-refractivity contribution in [2.24, 2.45) is 5.92 Å². The van der Waals surface area contributed by atoms with Crippen molar-refractivity contribution in [2.45, 2.75) is 39.7 Å². The van der Waals surface area contributed by atoms with Gasteiger partial charge in [0.25, 0.3) is 0 Å². The molecule has 0 rings (SSSR count). The molecular formula is C10H23NS. The van der Waals surface area contributed by atoms with Crippen LogP contribution in [0.3, 0.4) is 0 Å². The average Bonchev–Trinajstić information content (AvgIpc) is 2.12. The summed E-state index contributed by atoms with van der Waals surface area (Å²) in [6.07, 6.45) is 2.60. The molecule has 0 saturated heterocycles. The summed E-state index contributed by atoms with van der Waals surface area (Å²) in [5.74, 6) is 3.35. The highest BCUT2D eigenvalue weighted by atomic mass is 32.2. The number of nitrogens with one attached hydrogen (secondary N) is 1. The SMILES string of the molecule is CCSCC(NC)C(CC)CC. The standard InChI is InChI=1S/C10H23NS/c1-5-9(6-2)10(11-4)8-12-7-3/h9-11H,5-8H2,1-4H3. The molecule has 0 fully saturated rings. The van der Waals surface area contributed by atoms with Crippen LogP contribution in [-0.4, -0.2) is 24.6 Å². The van der Waals surface area contributed by atoms with E-state index in [4.69, 9.17) is 0 Å². The quantitative estimate of drug-likeness (QED) is 0.661. The summed E-state index contributed by atoms with van der Waals surface area (Å²) in [4.78, 5) is 0. The van der Waals surface area contributed by atoms with Gasteiger partial charge in [0.05, 0.1) is 0 Å². The van der Waals surface area contributed by atoms with Crippen molar-refractivity contribution in [3.8, 4) is 0 Å². The zero-order valence-electron chi connectivity index (χ0n) is 8.89. The molecule has 0 aromatic heterocycles. The van der Waals surface area contributed by atoms with E-state index >= 15 is 0 Å². The first-order valence-corrected chi connectivity index (χ1v) is 6.20. The van der Waals surface area contributed by atoms with Gasteiger partial charge in [-0.3, -0.25) is 0 Å². The maximum atomic E-state index is 3.42. The van der Waals surface area contributed by atoms with Gasteiger partial charge in [-0.25, -0.2) is 0 Å². The van der Waals surface area contributed by atoms with Crippen molar-refractivity contribution in [3.63, 3.8) is 0 Å². The summed E-state index contributed by atoms with van der Waals surface area (Å²) in [5.41, 5.74) is 0. The fourth-order valence-corrected chi connectivity index (χ4v) is 2.49. The molecule has 1 atom stereocenters. The Labute approximate surface area is 81.7 Å². The maximum absolute atomic E-state index is 3.42. The van der Waals surface area contributed by atoms with Gasteiger partial charge in [0.1, 0.15) is 0 Å². The molecule has 1 unspecified atom stereocenters. The normalized spacial score (nSPS) is 13.8. The second-order valence-electron chi connectivity index (χ2n) is 3.13. The summed E-state index contributed by atoms with van der Waals surface area (Å²) in [6.45, 7) is 6.80.